The van der Waals surface area contributed by atoms with E-state index in [2.05, 4.69) is 20.2 Å². The van der Waals surface area contributed by atoms with Crippen molar-refractivity contribution >= 4 is 29.3 Å². The summed E-state index contributed by atoms with van der Waals surface area (Å²) in [4.78, 5) is 49.2. The lowest BCUT2D eigenvalue weighted by Gasteiger charge is -2.48. The van der Waals surface area contributed by atoms with Gasteiger partial charge in [0.2, 0.25) is 11.8 Å². The number of rotatable bonds is 5. The van der Waals surface area contributed by atoms with Gasteiger partial charge in [-0.2, -0.15) is 0 Å². The smallest absolute Gasteiger partial charge is 0.255 e. The van der Waals surface area contributed by atoms with Crippen molar-refractivity contribution in [3.63, 3.8) is 0 Å². The van der Waals surface area contributed by atoms with Gasteiger partial charge in [0.25, 0.3) is 5.91 Å². The zero-order chi connectivity index (χ0) is 24.8. The molecule has 1 aromatic carbocycles. The summed E-state index contributed by atoms with van der Waals surface area (Å²) < 4.78 is 6.52. The fourth-order valence-electron chi connectivity index (χ4n) is 6.01. The van der Waals surface area contributed by atoms with E-state index in [1.54, 1.807) is 23.5 Å². The Morgan fingerprint density at radius 1 is 1.08 bits per heavy atom. The number of nitrogens with zero attached hydrogens (tertiary/aromatic N) is 4. The third-order valence-corrected chi connectivity index (χ3v) is 8.20. The molecule has 1 N–H and O–H groups in total. The van der Waals surface area contributed by atoms with Crippen LogP contribution in [0.4, 0.5) is 0 Å². The third kappa shape index (κ3) is 4.24. The Morgan fingerprint density at radius 2 is 1.92 bits per heavy atom. The average molecular weight is 510 g/mol. The number of amides is 3. The minimum Gasteiger partial charge on any atom is -0.489 e. The number of halogens is 1. The fourth-order valence-corrected chi connectivity index (χ4v) is 6.27. The predicted octanol–water partition coefficient (Wildman–Crippen LogP) is 2.68. The lowest BCUT2D eigenvalue weighted by atomic mass is 9.85. The molecular weight excluding hydrogens is 482 g/mol. The number of likely N-dealkylation sites (tertiary alicyclic amines) is 1. The second kappa shape index (κ2) is 9.44. The molecule has 0 bridgehead atoms. The Bertz CT molecular complexity index is 1220. The van der Waals surface area contributed by atoms with Gasteiger partial charge >= 0.3 is 0 Å². The maximum absolute atomic E-state index is 13.0. The zero-order valence-corrected chi connectivity index (χ0v) is 20.6. The lowest BCUT2D eigenvalue weighted by Crippen LogP contribution is -2.57. The summed E-state index contributed by atoms with van der Waals surface area (Å²) in [5, 5.41) is 2.97. The van der Waals surface area contributed by atoms with Gasteiger partial charge in [0.1, 0.15) is 24.2 Å². The Hall–Kier alpha value is -3.04. The third-order valence-electron chi connectivity index (χ3n) is 7.91. The molecule has 3 fully saturated rings. The van der Waals surface area contributed by atoms with Crippen LogP contribution in [-0.2, 0) is 16.1 Å². The van der Waals surface area contributed by atoms with E-state index in [-0.39, 0.29) is 24.3 Å². The number of imide groups is 1. The first kappa shape index (κ1) is 23.4. The summed E-state index contributed by atoms with van der Waals surface area (Å²) >= 11 is 6.30. The number of hydrogen-bond donors (Lipinski definition) is 1. The number of piperidine rings is 1. The quantitative estimate of drug-likeness (QED) is 0.618. The van der Waals surface area contributed by atoms with E-state index in [0.717, 1.165) is 49.4 Å². The Labute approximate surface area is 214 Å². The van der Waals surface area contributed by atoms with Crippen molar-refractivity contribution in [2.24, 2.45) is 0 Å². The van der Waals surface area contributed by atoms with Gasteiger partial charge < -0.3 is 9.64 Å². The maximum atomic E-state index is 13.0. The molecule has 3 amide bonds. The first-order valence-electron chi connectivity index (χ1n) is 12.6. The zero-order valence-electron chi connectivity index (χ0n) is 19.9. The number of fused-ring (bicyclic) bond motifs is 1. The number of hydrogen-bond acceptors (Lipinski definition) is 7. The Balaban J connectivity index is 1.12. The largest absolute Gasteiger partial charge is 0.489 e. The van der Waals surface area contributed by atoms with E-state index in [1.807, 2.05) is 12.1 Å². The van der Waals surface area contributed by atoms with Gasteiger partial charge in [-0.3, -0.25) is 24.6 Å². The van der Waals surface area contributed by atoms with E-state index in [1.165, 1.54) is 6.42 Å². The highest BCUT2D eigenvalue weighted by Crippen LogP contribution is 2.37. The highest BCUT2D eigenvalue weighted by atomic mass is 35.5. The van der Waals surface area contributed by atoms with Gasteiger partial charge in [-0.1, -0.05) is 18.0 Å². The van der Waals surface area contributed by atoms with Gasteiger partial charge in [0.15, 0.2) is 0 Å². The van der Waals surface area contributed by atoms with Crippen LogP contribution in [0.3, 0.4) is 0 Å². The summed E-state index contributed by atoms with van der Waals surface area (Å²) in [6.45, 7) is 2.15. The van der Waals surface area contributed by atoms with Gasteiger partial charge in [-0.15, -0.1) is 0 Å². The molecule has 4 heterocycles. The van der Waals surface area contributed by atoms with Crippen molar-refractivity contribution in [1.82, 2.24) is 25.1 Å². The topological polar surface area (TPSA) is 105 Å². The van der Waals surface area contributed by atoms with Gasteiger partial charge in [0, 0.05) is 49.8 Å². The molecule has 188 valence electrons. The molecule has 6 rings (SSSR count). The summed E-state index contributed by atoms with van der Waals surface area (Å²) in [6.07, 6.45) is 8.25. The first-order chi connectivity index (χ1) is 17.5. The molecule has 1 aliphatic carbocycles. The summed E-state index contributed by atoms with van der Waals surface area (Å²) in [6, 6.07) is 5.30. The van der Waals surface area contributed by atoms with Gasteiger partial charge in [-0.25, -0.2) is 9.97 Å². The van der Waals surface area contributed by atoms with Crippen LogP contribution in [0.2, 0.25) is 5.02 Å². The number of carbonyl (C=O) groups excluding carboxylic acids is 3. The van der Waals surface area contributed by atoms with E-state index in [0.29, 0.717) is 35.5 Å². The molecule has 3 aliphatic heterocycles. The highest BCUT2D eigenvalue weighted by Gasteiger charge is 2.41. The van der Waals surface area contributed by atoms with Crippen molar-refractivity contribution in [2.75, 3.05) is 13.1 Å². The van der Waals surface area contributed by atoms with Crippen LogP contribution < -0.4 is 10.1 Å². The second-order valence-corrected chi connectivity index (χ2v) is 10.5. The molecule has 0 spiro atoms. The maximum Gasteiger partial charge on any atom is 0.255 e. The van der Waals surface area contributed by atoms with E-state index < -0.39 is 11.9 Å². The van der Waals surface area contributed by atoms with E-state index in [4.69, 9.17) is 16.3 Å². The van der Waals surface area contributed by atoms with Crippen molar-refractivity contribution < 1.29 is 19.1 Å². The van der Waals surface area contributed by atoms with Crippen molar-refractivity contribution in [3.8, 4) is 5.75 Å². The molecular formula is C26H28ClN5O4. The molecule has 1 aromatic heterocycles. The van der Waals surface area contributed by atoms with Crippen molar-refractivity contribution in [1.29, 1.82) is 0 Å². The van der Waals surface area contributed by atoms with Crippen LogP contribution in [-0.4, -0.2) is 68.8 Å². The molecule has 36 heavy (non-hydrogen) atoms. The van der Waals surface area contributed by atoms with Crippen LogP contribution in [0, 0.1) is 0 Å². The number of carbonyl (C=O) groups is 3. The van der Waals surface area contributed by atoms with Crippen LogP contribution in [0.15, 0.2) is 30.7 Å². The second-order valence-electron chi connectivity index (χ2n) is 10.1. The van der Waals surface area contributed by atoms with Crippen molar-refractivity contribution in [3.05, 3.63) is 52.6 Å². The van der Waals surface area contributed by atoms with Crippen LogP contribution in [0.5, 0.6) is 5.75 Å². The highest BCUT2D eigenvalue weighted by molar-refractivity contribution is 6.31. The molecule has 2 saturated heterocycles. The first-order valence-corrected chi connectivity index (χ1v) is 13.0. The molecule has 2 aromatic rings. The average Bonchev–Trinajstić information content (AvgIpc) is 3.16. The molecule has 3 atom stereocenters. The van der Waals surface area contributed by atoms with Crippen LogP contribution >= 0.6 is 11.6 Å². The molecule has 9 nitrogen and oxygen atoms in total. The van der Waals surface area contributed by atoms with Crippen LogP contribution in [0.25, 0.3) is 0 Å². The van der Waals surface area contributed by atoms with E-state index in [9.17, 15) is 14.4 Å². The molecule has 10 heteroatoms. The van der Waals surface area contributed by atoms with Crippen LogP contribution in [0.1, 0.15) is 66.1 Å². The SMILES string of the molecule is O=C1CC[C@H](N2Cc3cc(O[C@H]4CCCC[C@@H]4N4CC(c5ncncc5Cl)C4)ccc3C2=O)C(=O)N1. The standard InChI is InChI=1S/C26H28ClN5O4/c27-19-10-28-14-29-24(19)16-11-31(12-16)20-3-1-2-4-22(20)36-17-5-6-18-15(9-17)13-32(26(18)35)21-7-8-23(33)30-25(21)34/h5-6,9-10,14,16,20-22H,1-4,7-8,11-13H2,(H,30,33,34)/t20-,21-,22-/m0/s1. The number of aromatic nitrogens is 2. The minimum absolute atomic E-state index is 0.0713. The fraction of sp³-hybridized carbons (Fsp3) is 0.500. The monoisotopic (exact) mass is 509 g/mol. The molecule has 0 radical (unpaired) electrons. The summed E-state index contributed by atoms with van der Waals surface area (Å²) in [5.74, 6) is 0.209. The lowest BCUT2D eigenvalue weighted by molar-refractivity contribution is -0.136. The predicted molar refractivity (Wildman–Crippen MR) is 131 cm³/mol. The number of ether oxygens (including phenoxy) is 1. The van der Waals surface area contributed by atoms with Gasteiger partial charge in [-0.05, 0) is 49.4 Å². The van der Waals surface area contributed by atoms with Crippen molar-refractivity contribution in [2.45, 2.75) is 69.2 Å². The van der Waals surface area contributed by atoms with E-state index >= 15 is 0 Å². The number of benzene rings is 1. The van der Waals surface area contributed by atoms with Gasteiger partial charge in [0.05, 0.1) is 10.7 Å². The molecule has 1 saturated carbocycles. The molecule has 4 aliphatic rings. The summed E-state index contributed by atoms with van der Waals surface area (Å²) in [7, 11) is 0. The summed E-state index contributed by atoms with van der Waals surface area (Å²) in [5.41, 5.74) is 2.37. The normalized spacial score (nSPS) is 27.0. The Kier molecular flexibility index (Phi) is 6.13. The Morgan fingerprint density at radius 3 is 2.72 bits per heavy atom. The molecule has 0 unspecified atom stereocenters. The number of nitrogens with one attached hydrogen (secondary N) is 1. The minimum atomic E-state index is -0.613.